The first-order valence-electron chi connectivity index (χ1n) is 6.30. The topological polar surface area (TPSA) is 60.2 Å². The molecule has 0 saturated carbocycles. The molecule has 0 bridgehead atoms. The first-order valence-corrected chi connectivity index (χ1v) is 7.85. The number of hydrogen-bond acceptors (Lipinski definition) is 3. The second-order valence-corrected chi connectivity index (χ2v) is 6.44. The van der Waals surface area contributed by atoms with Crippen molar-refractivity contribution in [3.05, 3.63) is 70.6 Å². The van der Waals surface area contributed by atoms with E-state index in [1.807, 2.05) is 31.2 Å². The lowest BCUT2D eigenvalue weighted by Gasteiger charge is -2.00. The zero-order chi connectivity index (χ0) is 14.6. The van der Waals surface area contributed by atoms with Crippen molar-refractivity contribution in [3.8, 4) is 0 Å². The highest BCUT2D eigenvalue weighted by Crippen LogP contribution is 2.15. The molecule has 2 aromatic carbocycles. The third kappa shape index (κ3) is 3.56. The Hall–Kier alpha value is -1.91. The average molecular weight is 287 g/mol. The van der Waals surface area contributed by atoms with Crippen molar-refractivity contribution in [1.29, 1.82) is 0 Å². The molecule has 0 spiro atoms. The Labute approximate surface area is 119 Å². The predicted molar refractivity (Wildman–Crippen MR) is 81.7 cm³/mol. The van der Waals surface area contributed by atoms with Gasteiger partial charge in [0.15, 0.2) is 9.84 Å². The minimum atomic E-state index is -3.40. The van der Waals surface area contributed by atoms with Crippen LogP contribution < -0.4 is 5.73 Å². The minimum Gasteiger partial charge on any atom is -0.326 e. The van der Waals surface area contributed by atoms with Gasteiger partial charge in [-0.15, -0.1) is 0 Å². The lowest BCUT2D eigenvalue weighted by molar-refractivity contribution is 0.605. The molecular weight excluding hydrogens is 270 g/mol. The smallest absolute Gasteiger partial charge is 0.199 e. The molecule has 0 saturated heterocycles. The van der Waals surface area contributed by atoms with E-state index >= 15 is 0 Å². The maximum atomic E-state index is 12.1. The number of hydrogen-bond donors (Lipinski definition) is 1. The van der Waals surface area contributed by atoms with Crippen LogP contribution in [0.25, 0.3) is 6.08 Å². The Balaban J connectivity index is 2.22. The van der Waals surface area contributed by atoms with Gasteiger partial charge < -0.3 is 5.73 Å². The second-order valence-electron chi connectivity index (χ2n) is 4.61. The van der Waals surface area contributed by atoms with E-state index in [1.165, 1.54) is 5.41 Å². The Morgan fingerprint density at radius 1 is 1.00 bits per heavy atom. The molecule has 0 atom stereocenters. The molecule has 2 aromatic rings. The van der Waals surface area contributed by atoms with Gasteiger partial charge in [0.1, 0.15) is 0 Å². The number of nitrogens with two attached hydrogens (primary N) is 1. The van der Waals surface area contributed by atoms with Crippen molar-refractivity contribution in [2.24, 2.45) is 5.73 Å². The molecule has 0 amide bonds. The predicted octanol–water partition coefficient (Wildman–Crippen LogP) is 2.90. The number of rotatable bonds is 4. The number of sulfone groups is 1. The first kappa shape index (κ1) is 14.5. The molecular formula is C16H17NO2S. The molecule has 0 aliphatic rings. The van der Waals surface area contributed by atoms with E-state index in [1.54, 1.807) is 30.3 Å². The lowest BCUT2D eigenvalue weighted by atomic mass is 10.1. The van der Waals surface area contributed by atoms with Crippen LogP contribution in [0, 0.1) is 6.92 Å². The number of benzene rings is 2. The van der Waals surface area contributed by atoms with Crippen LogP contribution in [0.3, 0.4) is 0 Å². The molecule has 0 heterocycles. The number of aryl methyl sites for hydroxylation is 1. The molecule has 0 fully saturated rings. The van der Waals surface area contributed by atoms with Crippen LogP contribution in [0.15, 0.2) is 58.8 Å². The van der Waals surface area contributed by atoms with E-state index < -0.39 is 9.84 Å². The van der Waals surface area contributed by atoms with Crippen molar-refractivity contribution < 1.29 is 8.42 Å². The Bertz CT molecular complexity index is 699. The highest BCUT2D eigenvalue weighted by molar-refractivity contribution is 7.94. The summed E-state index contributed by atoms with van der Waals surface area (Å²) in [6.45, 7) is 2.40. The molecule has 20 heavy (non-hydrogen) atoms. The van der Waals surface area contributed by atoms with E-state index in [0.29, 0.717) is 11.4 Å². The first-order chi connectivity index (χ1) is 9.51. The van der Waals surface area contributed by atoms with E-state index in [9.17, 15) is 8.42 Å². The molecule has 4 heteroatoms. The maximum Gasteiger partial charge on any atom is 0.199 e. The summed E-state index contributed by atoms with van der Waals surface area (Å²) in [5.41, 5.74) is 8.40. The van der Waals surface area contributed by atoms with Crippen LogP contribution in [0.4, 0.5) is 0 Å². The fraction of sp³-hybridized carbons (Fsp3) is 0.125. The summed E-state index contributed by atoms with van der Waals surface area (Å²) >= 11 is 0. The minimum absolute atomic E-state index is 0.304. The summed E-state index contributed by atoms with van der Waals surface area (Å²) in [7, 11) is -3.40. The molecule has 3 nitrogen and oxygen atoms in total. The van der Waals surface area contributed by atoms with Gasteiger partial charge in [-0.3, -0.25) is 0 Å². The standard InChI is InChI=1S/C16H17NO2S/c1-13-2-8-16(9-3-13)20(18,19)11-10-14-4-6-15(12-17)7-5-14/h2-11H,12,17H2,1H3. The van der Waals surface area contributed by atoms with Crippen molar-refractivity contribution >= 4 is 15.9 Å². The fourth-order valence-corrected chi connectivity index (χ4v) is 2.75. The summed E-state index contributed by atoms with van der Waals surface area (Å²) in [5, 5.41) is 1.23. The van der Waals surface area contributed by atoms with Crippen LogP contribution in [-0.4, -0.2) is 8.42 Å². The Kier molecular flexibility index (Phi) is 4.37. The van der Waals surface area contributed by atoms with Gasteiger partial charge in [-0.05, 0) is 36.3 Å². The molecule has 104 valence electrons. The Morgan fingerprint density at radius 3 is 2.15 bits per heavy atom. The highest BCUT2D eigenvalue weighted by atomic mass is 32.2. The van der Waals surface area contributed by atoms with E-state index in [0.717, 1.165) is 16.7 Å². The zero-order valence-electron chi connectivity index (χ0n) is 11.3. The summed E-state index contributed by atoms with van der Waals surface area (Å²) in [4.78, 5) is 0.304. The maximum absolute atomic E-state index is 12.1. The molecule has 0 aromatic heterocycles. The Morgan fingerprint density at radius 2 is 1.60 bits per heavy atom. The molecule has 0 unspecified atom stereocenters. The van der Waals surface area contributed by atoms with E-state index in [2.05, 4.69) is 0 Å². The average Bonchev–Trinajstić information content (AvgIpc) is 2.46. The second kappa shape index (κ2) is 6.03. The van der Waals surface area contributed by atoms with Crippen molar-refractivity contribution in [2.75, 3.05) is 0 Å². The van der Waals surface area contributed by atoms with Gasteiger partial charge >= 0.3 is 0 Å². The molecule has 0 aliphatic heterocycles. The van der Waals surface area contributed by atoms with Gasteiger partial charge in [0, 0.05) is 12.0 Å². The van der Waals surface area contributed by atoms with Crippen LogP contribution >= 0.6 is 0 Å². The van der Waals surface area contributed by atoms with Gasteiger partial charge in [-0.25, -0.2) is 8.42 Å². The van der Waals surface area contributed by atoms with E-state index in [-0.39, 0.29) is 0 Å². The van der Waals surface area contributed by atoms with Gasteiger partial charge in [0.25, 0.3) is 0 Å². The normalized spacial score (nSPS) is 11.9. The largest absolute Gasteiger partial charge is 0.326 e. The van der Waals surface area contributed by atoms with Crippen LogP contribution in [-0.2, 0) is 16.4 Å². The third-order valence-corrected chi connectivity index (χ3v) is 4.43. The summed E-state index contributed by atoms with van der Waals surface area (Å²) < 4.78 is 24.3. The van der Waals surface area contributed by atoms with Crippen molar-refractivity contribution in [3.63, 3.8) is 0 Å². The van der Waals surface area contributed by atoms with Gasteiger partial charge in [0.2, 0.25) is 0 Å². The summed E-state index contributed by atoms with van der Waals surface area (Å²) in [6.07, 6.45) is 1.59. The molecule has 2 N–H and O–H groups in total. The molecule has 2 rings (SSSR count). The monoisotopic (exact) mass is 287 g/mol. The fourth-order valence-electron chi connectivity index (χ4n) is 1.74. The quantitative estimate of drug-likeness (QED) is 0.940. The van der Waals surface area contributed by atoms with Crippen molar-refractivity contribution in [1.82, 2.24) is 0 Å². The van der Waals surface area contributed by atoms with E-state index in [4.69, 9.17) is 5.73 Å². The van der Waals surface area contributed by atoms with Gasteiger partial charge in [-0.2, -0.15) is 0 Å². The van der Waals surface area contributed by atoms with Crippen LogP contribution in [0.5, 0.6) is 0 Å². The van der Waals surface area contributed by atoms with Crippen LogP contribution in [0.2, 0.25) is 0 Å². The molecule has 0 radical (unpaired) electrons. The third-order valence-electron chi connectivity index (χ3n) is 3.00. The van der Waals surface area contributed by atoms with Gasteiger partial charge in [-0.1, -0.05) is 42.0 Å². The highest BCUT2D eigenvalue weighted by Gasteiger charge is 2.09. The van der Waals surface area contributed by atoms with Crippen molar-refractivity contribution in [2.45, 2.75) is 18.4 Å². The lowest BCUT2D eigenvalue weighted by Crippen LogP contribution is -1.96. The van der Waals surface area contributed by atoms with Crippen LogP contribution in [0.1, 0.15) is 16.7 Å². The summed E-state index contributed by atoms with van der Waals surface area (Å²) in [6, 6.07) is 14.3. The summed E-state index contributed by atoms with van der Waals surface area (Å²) in [5.74, 6) is 0. The molecule has 0 aliphatic carbocycles. The zero-order valence-corrected chi connectivity index (χ0v) is 12.1. The SMILES string of the molecule is Cc1ccc(S(=O)(=O)C=Cc2ccc(CN)cc2)cc1. The van der Waals surface area contributed by atoms with Gasteiger partial charge in [0.05, 0.1) is 4.90 Å².